The summed E-state index contributed by atoms with van der Waals surface area (Å²) in [6.07, 6.45) is 7.14. The number of hydrogen-bond acceptors (Lipinski definition) is 6. The number of nitrogens with one attached hydrogen (secondary N) is 1. The topological polar surface area (TPSA) is 99.5 Å². The lowest BCUT2D eigenvalue weighted by molar-refractivity contribution is 0.613. The van der Waals surface area contributed by atoms with Gasteiger partial charge >= 0.3 is 0 Å². The second-order valence-electron chi connectivity index (χ2n) is 5.99. The van der Waals surface area contributed by atoms with Gasteiger partial charge in [-0.25, -0.2) is 9.97 Å². The van der Waals surface area contributed by atoms with Crippen molar-refractivity contribution in [1.29, 1.82) is 0 Å². The number of nitrogens with two attached hydrogens (primary N) is 1. The Morgan fingerprint density at radius 2 is 1.88 bits per heavy atom. The first-order chi connectivity index (χ1) is 12.1. The number of benzene rings is 1. The lowest BCUT2D eigenvalue weighted by atomic mass is 10.3. The summed E-state index contributed by atoms with van der Waals surface area (Å²) in [6, 6.07) is 8.13. The molecular weight excluding hydrogens is 316 g/mol. The third kappa shape index (κ3) is 2.78. The predicted molar refractivity (Wildman–Crippen MR) is 97.0 cm³/mol. The minimum absolute atomic E-state index is 0.238. The standard InChI is InChI=1S/C17H18N8/c1-11(2)25-10-20-14-15(18)22-17(23-16(14)25)21-12-3-5-13(6-4-12)24-8-7-19-9-24/h3-11H,1-2H3,(H3,18,21,22,23). The molecule has 0 amide bonds. The second kappa shape index (κ2) is 5.90. The van der Waals surface area contributed by atoms with Gasteiger partial charge in [-0.1, -0.05) is 0 Å². The van der Waals surface area contributed by atoms with Crippen LogP contribution in [0.15, 0.2) is 49.3 Å². The first-order valence-corrected chi connectivity index (χ1v) is 7.97. The van der Waals surface area contributed by atoms with Gasteiger partial charge < -0.3 is 20.2 Å². The number of fused-ring (bicyclic) bond motifs is 1. The maximum absolute atomic E-state index is 6.04. The molecule has 0 bridgehead atoms. The normalized spacial score (nSPS) is 11.3. The van der Waals surface area contributed by atoms with Crippen LogP contribution in [-0.4, -0.2) is 29.1 Å². The van der Waals surface area contributed by atoms with E-state index in [4.69, 9.17) is 5.73 Å². The van der Waals surface area contributed by atoms with E-state index >= 15 is 0 Å². The average molecular weight is 334 g/mol. The van der Waals surface area contributed by atoms with Crippen molar-refractivity contribution in [3.05, 3.63) is 49.3 Å². The Hall–Kier alpha value is -3.42. The molecule has 3 heterocycles. The van der Waals surface area contributed by atoms with Crippen LogP contribution in [0.5, 0.6) is 0 Å². The fourth-order valence-electron chi connectivity index (χ4n) is 2.63. The van der Waals surface area contributed by atoms with Crippen LogP contribution in [0.2, 0.25) is 0 Å². The van der Waals surface area contributed by atoms with E-state index in [1.807, 2.05) is 39.6 Å². The van der Waals surface area contributed by atoms with E-state index in [1.54, 1.807) is 18.9 Å². The highest BCUT2D eigenvalue weighted by molar-refractivity contribution is 5.83. The van der Waals surface area contributed by atoms with E-state index in [0.717, 1.165) is 17.0 Å². The molecule has 8 nitrogen and oxygen atoms in total. The third-order valence-electron chi connectivity index (χ3n) is 3.93. The lowest BCUT2D eigenvalue weighted by Gasteiger charge is -2.10. The highest BCUT2D eigenvalue weighted by atomic mass is 15.2. The molecular formula is C17H18N8. The SMILES string of the molecule is CC(C)n1cnc2c(N)nc(Nc3ccc(-n4ccnc4)cc3)nc21. The van der Waals surface area contributed by atoms with Gasteiger partial charge in [-0.2, -0.15) is 9.97 Å². The van der Waals surface area contributed by atoms with Crippen LogP contribution >= 0.6 is 0 Å². The highest BCUT2D eigenvalue weighted by Gasteiger charge is 2.13. The zero-order valence-electron chi connectivity index (χ0n) is 14.0. The van der Waals surface area contributed by atoms with E-state index in [-0.39, 0.29) is 6.04 Å². The predicted octanol–water partition coefficient (Wildman–Crippen LogP) is 2.92. The van der Waals surface area contributed by atoms with Crippen LogP contribution < -0.4 is 11.1 Å². The molecule has 0 spiro atoms. The van der Waals surface area contributed by atoms with E-state index < -0.39 is 0 Å². The Morgan fingerprint density at radius 3 is 2.56 bits per heavy atom. The van der Waals surface area contributed by atoms with Crippen LogP contribution in [-0.2, 0) is 0 Å². The molecule has 0 aliphatic carbocycles. The van der Waals surface area contributed by atoms with Crippen molar-refractivity contribution in [2.75, 3.05) is 11.1 Å². The van der Waals surface area contributed by atoms with Crippen LogP contribution in [0.3, 0.4) is 0 Å². The molecule has 8 heteroatoms. The van der Waals surface area contributed by atoms with Crippen LogP contribution in [0.1, 0.15) is 19.9 Å². The minimum Gasteiger partial charge on any atom is -0.382 e. The summed E-state index contributed by atoms with van der Waals surface area (Å²) in [5.41, 5.74) is 9.28. The quantitative estimate of drug-likeness (QED) is 0.595. The summed E-state index contributed by atoms with van der Waals surface area (Å²) in [7, 11) is 0. The number of hydrogen-bond donors (Lipinski definition) is 2. The molecule has 0 atom stereocenters. The molecule has 126 valence electrons. The molecule has 1 aromatic carbocycles. The Kier molecular flexibility index (Phi) is 3.57. The van der Waals surface area contributed by atoms with Gasteiger partial charge in [0.05, 0.1) is 12.7 Å². The fraction of sp³-hybridized carbons (Fsp3) is 0.176. The van der Waals surface area contributed by atoms with Gasteiger partial charge in [0.2, 0.25) is 5.95 Å². The molecule has 0 saturated carbocycles. The molecule has 3 N–H and O–H groups in total. The summed E-state index contributed by atoms with van der Waals surface area (Å²) in [4.78, 5) is 17.2. The second-order valence-corrected chi connectivity index (χ2v) is 5.99. The van der Waals surface area contributed by atoms with Crippen molar-refractivity contribution in [1.82, 2.24) is 29.1 Å². The molecule has 0 saturated heterocycles. The Balaban J connectivity index is 1.65. The van der Waals surface area contributed by atoms with Gasteiger partial charge in [-0.15, -0.1) is 0 Å². The van der Waals surface area contributed by atoms with Crippen LogP contribution in [0, 0.1) is 0 Å². The Morgan fingerprint density at radius 1 is 1.08 bits per heavy atom. The number of nitrogen functional groups attached to an aromatic ring is 1. The third-order valence-corrected chi connectivity index (χ3v) is 3.93. The summed E-state index contributed by atoms with van der Waals surface area (Å²) in [6.45, 7) is 4.14. The van der Waals surface area contributed by atoms with Crippen molar-refractivity contribution < 1.29 is 0 Å². The van der Waals surface area contributed by atoms with Crippen molar-refractivity contribution in [2.24, 2.45) is 0 Å². The van der Waals surface area contributed by atoms with Crippen molar-refractivity contribution >= 4 is 28.6 Å². The zero-order chi connectivity index (χ0) is 17.4. The van der Waals surface area contributed by atoms with Gasteiger partial charge in [-0.3, -0.25) is 0 Å². The van der Waals surface area contributed by atoms with Crippen molar-refractivity contribution in [2.45, 2.75) is 19.9 Å². The summed E-state index contributed by atoms with van der Waals surface area (Å²) in [5.74, 6) is 0.810. The number of aromatic nitrogens is 6. The van der Waals surface area contributed by atoms with E-state index in [1.165, 1.54) is 0 Å². The monoisotopic (exact) mass is 334 g/mol. The van der Waals surface area contributed by atoms with Gasteiger partial charge in [0, 0.05) is 29.8 Å². The van der Waals surface area contributed by atoms with E-state index in [9.17, 15) is 0 Å². The Bertz CT molecular complexity index is 999. The molecule has 0 fully saturated rings. The van der Waals surface area contributed by atoms with Crippen molar-refractivity contribution in [3.63, 3.8) is 0 Å². The highest BCUT2D eigenvalue weighted by Crippen LogP contribution is 2.23. The number of rotatable bonds is 4. The average Bonchev–Trinajstić information content (AvgIpc) is 3.25. The maximum atomic E-state index is 6.04. The van der Waals surface area contributed by atoms with E-state index in [0.29, 0.717) is 17.3 Å². The largest absolute Gasteiger partial charge is 0.382 e. The molecule has 0 aliphatic rings. The number of anilines is 3. The van der Waals surface area contributed by atoms with Crippen molar-refractivity contribution in [3.8, 4) is 5.69 Å². The lowest BCUT2D eigenvalue weighted by Crippen LogP contribution is -2.05. The van der Waals surface area contributed by atoms with Crippen LogP contribution in [0.4, 0.5) is 17.5 Å². The van der Waals surface area contributed by atoms with E-state index in [2.05, 4.69) is 39.1 Å². The Labute approximate surface area is 144 Å². The molecule has 3 aromatic heterocycles. The molecule has 4 rings (SSSR count). The van der Waals surface area contributed by atoms with Crippen LogP contribution in [0.25, 0.3) is 16.9 Å². The smallest absolute Gasteiger partial charge is 0.231 e. The molecule has 0 unspecified atom stereocenters. The molecule has 0 radical (unpaired) electrons. The molecule has 4 aromatic rings. The molecule has 25 heavy (non-hydrogen) atoms. The maximum Gasteiger partial charge on any atom is 0.231 e. The number of imidazole rings is 2. The zero-order valence-corrected chi connectivity index (χ0v) is 14.0. The first-order valence-electron chi connectivity index (χ1n) is 7.97. The van der Waals surface area contributed by atoms with Gasteiger partial charge in [0.25, 0.3) is 0 Å². The van der Waals surface area contributed by atoms with Gasteiger partial charge in [0.15, 0.2) is 11.5 Å². The van der Waals surface area contributed by atoms with Gasteiger partial charge in [0.1, 0.15) is 5.52 Å². The van der Waals surface area contributed by atoms with Gasteiger partial charge in [-0.05, 0) is 38.1 Å². The minimum atomic E-state index is 0.238. The molecule has 0 aliphatic heterocycles. The number of nitrogens with zero attached hydrogens (tertiary/aromatic N) is 6. The summed E-state index contributed by atoms with van der Waals surface area (Å²) >= 11 is 0. The fourth-order valence-corrected chi connectivity index (χ4v) is 2.63. The summed E-state index contributed by atoms with van der Waals surface area (Å²) < 4.78 is 3.91. The summed E-state index contributed by atoms with van der Waals surface area (Å²) in [5, 5.41) is 3.20. The first kappa shape index (κ1) is 15.1.